The van der Waals surface area contributed by atoms with Gasteiger partial charge in [0.15, 0.2) is 0 Å². The predicted octanol–water partition coefficient (Wildman–Crippen LogP) is 8.86. The first-order valence-electron chi connectivity index (χ1n) is 12.9. The minimum absolute atomic E-state index is 0.0606. The van der Waals surface area contributed by atoms with E-state index in [2.05, 4.69) is 27.7 Å². The molecule has 0 saturated heterocycles. The molecule has 0 aliphatic heterocycles. The quantitative estimate of drug-likeness (QED) is 0.143. The van der Waals surface area contributed by atoms with Crippen LogP contribution in [-0.4, -0.2) is 12.6 Å². The number of hydrogen-bond donors (Lipinski definition) is 0. The Labute approximate surface area is 177 Å². The molecule has 2 nitrogen and oxygen atoms in total. The van der Waals surface area contributed by atoms with Gasteiger partial charge in [-0.3, -0.25) is 4.79 Å². The Morgan fingerprint density at radius 1 is 0.607 bits per heavy atom. The largest absolute Gasteiger partial charge is 0.465 e. The molecule has 0 heterocycles. The smallest absolute Gasteiger partial charge is 0.308 e. The van der Waals surface area contributed by atoms with Crippen molar-refractivity contribution in [2.75, 3.05) is 6.61 Å². The first-order valence-corrected chi connectivity index (χ1v) is 12.9. The van der Waals surface area contributed by atoms with Crippen LogP contribution in [0.2, 0.25) is 0 Å². The highest BCUT2D eigenvalue weighted by atomic mass is 16.5. The minimum Gasteiger partial charge on any atom is -0.465 e. The van der Waals surface area contributed by atoms with Crippen LogP contribution in [0.3, 0.4) is 0 Å². The van der Waals surface area contributed by atoms with E-state index in [0.29, 0.717) is 12.5 Å². The third-order valence-electron chi connectivity index (χ3n) is 6.24. The van der Waals surface area contributed by atoms with Crippen molar-refractivity contribution < 1.29 is 9.53 Å². The summed E-state index contributed by atoms with van der Waals surface area (Å²) < 4.78 is 5.73. The molecule has 0 aromatic heterocycles. The second kappa shape index (κ2) is 21.2. The Bertz CT molecular complexity index is 326. The highest BCUT2D eigenvalue weighted by Gasteiger charge is 2.19. The van der Waals surface area contributed by atoms with Crippen LogP contribution in [-0.2, 0) is 9.53 Å². The van der Waals surface area contributed by atoms with Gasteiger partial charge in [-0.2, -0.15) is 0 Å². The molecule has 2 unspecified atom stereocenters. The van der Waals surface area contributed by atoms with Gasteiger partial charge in [0.25, 0.3) is 0 Å². The van der Waals surface area contributed by atoms with Gasteiger partial charge in [0.05, 0.1) is 12.5 Å². The molecule has 0 aliphatic carbocycles. The van der Waals surface area contributed by atoms with Gasteiger partial charge in [-0.15, -0.1) is 0 Å². The lowest BCUT2D eigenvalue weighted by Gasteiger charge is -2.18. The van der Waals surface area contributed by atoms with Crippen molar-refractivity contribution in [3.63, 3.8) is 0 Å². The summed E-state index contributed by atoms with van der Waals surface area (Å²) in [6, 6.07) is 0. The van der Waals surface area contributed by atoms with Gasteiger partial charge in [-0.1, -0.05) is 124 Å². The third-order valence-corrected chi connectivity index (χ3v) is 6.24. The molecule has 0 aromatic rings. The highest BCUT2D eigenvalue weighted by Crippen LogP contribution is 2.20. The van der Waals surface area contributed by atoms with Crippen LogP contribution in [0.15, 0.2) is 0 Å². The lowest BCUT2D eigenvalue weighted by atomic mass is 9.97. The van der Waals surface area contributed by atoms with Crippen LogP contribution in [0.25, 0.3) is 0 Å². The lowest BCUT2D eigenvalue weighted by Crippen LogP contribution is -2.21. The fraction of sp³-hybridized carbons (Fsp3) is 0.962. The van der Waals surface area contributed by atoms with Crippen molar-refractivity contribution in [3.8, 4) is 0 Å². The second-order valence-electron chi connectivity index (χ2n) is 8.83. The van der Waals surface area contributed by atoms with Crippen molar-refractivity contribution in [1.29, 1.82) is 0 Å². The Hall–Kier alpha value is -0.530. The summed E-state index contributed by atoms with van der Waals surface area (Å²) in [5.41, 5.74) is 0. The van der Waals surface area contributed by atoms with E-state index in [1.807, 2.05) is 0 Å². The van der Waals surface area contributed by atoms with Crippen molar-refractivity contribution in [1.82, 2.24) is 0 Å². The molecule has 168 valence electrons. The van der Waals surface area contributed by atoms with Crippen LogP contribution in [0.4, 0.5) is 0 Å². The topological polar surface area (TPSA) is 26.3 Å². The summed E-state index contributed by atoms with van der Waals surface area (Å²) in [4.78, 5) is 12.4. The predicted molar refractivity (Wildman–Crippen MR) is 124 cm³/mol. The Balaban J connectivity index is 3.81. The zero-order valence-electron chi connectivity index (χ0n) is 19.9. The number of carbonyl (C=O) groups excluding carboxylic acids is 1. The molecule has 0 bridgehead atoms. The summed E-state index contributed by atoms with van der Waals surface area (Å²) in [5.74, 6) is 0.729. The van der Waals surface area contributed by atoms with E-state index in [4.69, 9.17) is 4.74 Å². The summed E-state index contributed by atoms with van der Waals surface area (Å²) >= 11 is 0. The van der Waals surface area contributed by atoms with Crippen molar-refractivity contribution in [3.05, 3.63) is 0 Å². The van der Waals surface area contributed by atoms with E-state index in [-0.39, 0.29) is 11.9 Å². The maximum atomic E-state index is 12.4. The molecule has 28 heavy (non-hydrogen) atoms. The molecule has 2 heteroatoms. The van der Waals surface area contributed by atoms with Crippen LogP contribution in [0.1, 0.15) is 143 Å². The summed E-state index contributed by atoms with van der Waals surface area (Å²) in [6.45, 7) is 9.52. The second-order valence-corrected chi connectivity index (χ2v) is 8.83. The highest BCUT2D eigenvalue weighted by molar-refractivity contribution is 5.72. The molecule has 0 aromatic carbocycles. The van der Waals surface area contributed by atoms with E-state index in [1.54, 1.807) is 0 Å². The fourth-order valence-electron chi connectivity index (χ4n) is 3.95. The Kier molecular flexibility index (Phi) is 20.8. The molecular weight excluding hydrogens is 344 g/mol. The number of unbranched alkanes of at least 4 members (excludes halogenated alkanes) is 12. The van der Waals surface area contributed by atoms with Gasteiger partial charge in [0.2, 0.25) is 0 Å². The van der Waals surface area contributed by atoms with Crippen molar-refractivity contribution in [2.45, 2.75) is 143 Å². The molecule has 0 spiro atoms. The molecule has 0 rings (SSSR count). The molecule has 0 aliphatic rings. The average molecular weight is 397 g/mol. The standard InChI is InChI=1S/C26H52O2/c1-5-9-11-13-15-16-17-19-21-24(7-3)23-28-26(27)25(8-4)22-20-18-14-12-10-6-2/h24-25H,5-23H2,1-4H3. The van der Waals surface area contributed by atoms with E-state index in [1.165, 1.54) is 96.3 Å². The Morgan fingerprint density at radius 2 is 1.07 bits per heavy atom. The maximum absolute atomic E-state index is 12.4. The number of esters is 1. The maximum Gasteiger partial charge on any atom is 0.308 e. The van der Waals surface area contributed by atoms with Crippen LogP contribution in [0.5, 0.6) is 0 Å². The van der Waals surface area contributed by atoms with Crippen LogP contribution in [0, 0.1) is 11.8 Å². The van der Waals surface area contributed by atoms with Gasteiger partial charge >= 0.3 is 5.97 Å². The van der Waals surface area contributed by atoms with E-state index in [9.17, 15) is 4.79 Å². The van der Waals surface area contributed by atoms with Gasteiger partial charge in [-0.05, 0) is 25.2 Å². The van der Waals surface area contributed by atoms with Gasteiger partial charge in [0.1, 0.15) is 0 Å². The minimum atomic E-state index is 0.0606. The van der Waals surface area contributed by atoms with E-state index in [0.717, 1.165) is 19.3 Å². The van der Waals surface area contributed by atoms with Gasteiger partial charge in [-0.25, -0.2) is 0 Å². The summed E-state index contributed by atoms with van der Waals surface area (Å²) in [7, 11) is 0. The van der Waals surface area contributed by atoms with Crippen LogP contribution >= 0.6 is 0 Å². The summed E-state index contributed by atoms with van der Waals surface area (Å²) in [6.07, 6.45) is 22.9. The zero-order valence-corrected chi connectivity index (χ0v) is 19.9. The Morgan fingerprint density at radius 3 is 1.54 bits per heavy atom. The first kappa shape index (κ1) is 27.5. The number of ether oxygens (including phenoxy) is 1. The molecule has 0 amide bonds. The number of rotatable bonds is 21. The van der Waals surface area contributed by atoms with E-state index < -0.39 is 0 Å². The summed E-state index contributed by atoms with van der Waals surface area (Å²) in [5, 5.41) is 0. The molecule has 2 atom stereocenters. The first-order chi connectivity index (χ1) is 13.7. The SMILES string of the molecule is CCCCCCCCCCC(CC)COC(=O)C(CC)CCCCCCCC. The van der Waals surface area contributed by atoms with Crippen LogP contribution < -0.4 is 0 Å². The molecular formula is C26H52O2. The van der Waals surface area contributed by atoms with Gasteiger partial charge in [0, 0.05) is 0 Å². The normalized spacial score (nSPS) is 13.4. The zero-order chi connectivity index (χ0) is 20.9. The third kappa shape index (κ3) is 16.4. The number of hydrogen-bond acceptors (Lipinski definition) is 2. The van der Waals surface area contributed by atoms with Crippen molar-refractivity contribution in [2.24, 2.45) is 11.8 Å². The monoisotopic (exact) mass is 396 g/mol. The number of carbonyl (C=O) groups is 1. The van der Waals surface area contributed by atoms with Gasteiger partial charge < -0.3 is 4.74 Å². The van der Waals surface area contributed by atoms with E-state index >= 15 is 0 Å². The fourth-order valence-corrected chi connectivity index (χ4v) is 3.95. The molecule has 0 radical (unpaired) electrons. The molecule has 0 saturated carbocycles. The average Bonchev–Trinajstić information content (AvgIpc) is 2.71. The van der Waals surface area contributed by atoms with Crippen molar-refractivity contribution >= 4 is 5.97 Å². The molecule has 0 N–H and O–H groups in total. The molecule has 0 fully saturated rings. The lowest BCUT2D eigenvalue weighted by molar-refractivity contribution is -0.150.